The first kappa shape index (κ1) is 11.0. The zero-order chi connectivity index (χ0) is 10.6. The lowest BCUT2D eigenvalue weighted by molar-refractivity contribution is 0.0483. The van der Waals surface area contributed by atoms with Crippen LogP contribution >= 0.6 is 0 Å². The molecule has 14 heavy (non-hydrogen) atoms. The van der Waals surface area contributed by atoms with Crippen molar-refractivity contribution in [3.63, 3.8) is 0 Å². The van der Waals surface area contributed by atoms with Gasteiger partial charge < -0.3 is 14.6 Å². The summed E-state index contributed by atoms with van der Waals surface area (Å²) in [5, 5.41) is 9.47. The van der Waals surface area contributed by atoms with Crippen molar-refractivity contribution in [2.45, 2.75) is 20.0 Å². The van der Waals surface area contributed by atoms with Crippen molar-refractivity contribution in [2.24, 2.45) is 0 Å². The maximum Gasteiger partial charge on any atom is 0.188 e. The van der Waals surface area contributed by atoms with Gasteiger partial charge in [0.05, 0.1) is 6.10 Å². The van der Waals surface area contributed by atoms with Gasteiger partial charge in [0, 0.05) is 12.7 Å². The molecule has 0 aliphatic heterocycles. The van der Waals surface area contributed by atoms with E-state index in [4.69, 9.17) is 9.47 Å². The first-order valence-electron chi connectivity index (χ1n) is 4.55. The number of aliphatic hydroxyl groups is 1. The second kappa shape index (κ2) is 4.98. The van der Waals surface area contributed by atoms with E-state index in [1.54, 1.807) is 14.0 Å². The summed E-state index contributed by atoms with van der Waals surface area (Å²) in [5.74, 6) is 0.682. The van der Waals surface area contributed by atoms with Gasteiger partial charge in [0.1, 0.15) is 5.75 Å². The van der Waals surface area contributed by atoms with Crippen LogP contribution in [-0.2, 0) is 4.74 Å². The Morgan fingerprint density at radius 1 is 1.43 bits per heavy atom. The third-order valence-electron chi connectivity index (χ3n) is 1.95. The van der Waals surface area contributed by atoms with Crippen molar-refractivity contribution in [3.8, 4) is 5.75 Å². The van der Waals surface area contributed by atoms with Crippen LogP contribution in [0.5, 0.6) is 5.75 Å². The molecule has 1 aromatic rings. The van der Waals surface area contributed by atoms with Crippen LogP contribution in [0.15, 0.2) is 18.2 Å². The van der Waals surface area contributed by atoms with Crippen LogP contribution in [0, 0.1) is 6.92 Å². The standard InChI is InChI=1S/C11H16O3/c1-8-4-5-10(9(2)12)11(6-8)14-7-13-3/h4-6,9,12H,7H2,1-3H3/t9-/m0/s1. The fourth-order valence-corrected chi connectivity index (χ4v) is 1.23. The molecule has 0 aliphatic carbocycles. The first-order valence-corrected chi connectivity index (χ1v) is 4.55. The van der Waals surface area contributed by atoms with Crippen LogP contribution in [0.4, 0.5) is 0 Å². The van der Waals surface area contributed by atoms with Gasteiger partial charge in [0.2, 0.25) is 0 Å². The molecule has 0 bridgehead atoms. The molecule has 1 rings (SSSR count). The van der Waals surface area contributed by atoms with E-state index in [2.05, 4.69) is 0 Å². The summed E-state index contributed by atoms with van der Waals surface area (Å²) in [5.41, 5.74) is 1.88. The molecule has 0 saturated heterocycles. The molecule has 0 saturated carbocycles. The summed E-state index contributed by atoms with van der Waals surface area (Å²) in [4.78, 5) is 0. The Bertz CT molecular complexity index is 295. The molecule has 1 atom stereocenters. The molecule has 0 unspecified atom stereocenters. The van der Waals surface area contributed by atoms with Gasteiger partial charge in [0.25, 0.3) is 0 Å². The van der Waals surface area contributed by atoms with Gasteiger partial charge in [-0.05, 0) is 25.5 Å². The Hall–Kier alpha value is -1.06. The van der Waals surface area contributed by atoms with Gasteiger partial charge >= 0.3 is 0 Å². The normalized spacial score (nSPS) is 12.6. The van der Waals surface area contributed by atoms with Crippen molar-refractivity contribution >= 4 is 0 Å². The van der Waals surface area contributed by atoms with Crippen LogP contribution in [0.1, 0.15) is 24.2 Å². The SMILES string of the molecule is COCOc1cc(C)ccc1[C@H](C)O. The molecular formula is C11H16O3. The number of hydrogen-bond donors (Lipinski definition) is 1. The number of aryl methyl sites for hydroxylation is 1. The summed E-state index contributed by atoms with van der Waals surface area (Å²) in [6.45, 7) is 3.89. The highest BCUT2D eigenvalue weighted by molar-refractivity contribution is 5.38. The van der Waals surface area contributed by atoms with E-state index < -0.39 is 6.10 Å². The Morgan fingerprint density at radius 2 is 2.14 bits per heavy atom. The second-order valence-corrected chi connectivity index (χ2v) is 3.27. The minimum atomic E-state index is -0.526. The molecule has 1 N–H and O–H groups in total. The maximum atomic E-state index is 9.47. The predicted octanol–water partition coefficient (Wildman–Crippen LogP) is 2.03. The Kier molecular flexibility index (Phi) is 3.92. The average Bonchev–Trinajstić information content (AvgIpc) is 2.14. The van der Waals surface area contributed by atoms with Crippen molar-refractivity contribution in [3.05, 3.63) is 29.3 Å². The molecular weight excluding hydrogens is 180 g/mol. The van der Waals surface area contributed by atoms with Crippen LogP contribution in [0.2, 0.25) is 0 Å². The summed E-state index contributed by atoms with van der Waals surface area (Å²) in [7, 11) is 1.57. The Morgan fingerprint density at radius 3 is 2.71 bits per heavy atom. The molecule has 0 fully saturated rings. The summed E-state index contributed by atoms with van der Waals surface area (Å²) in [6.07, 6.45) is -0.526. The van der Waals surface area contributed by atoms with Crippen molar-refractivity contribution < 1.29 is 14.6 Å². The van der Waals surface area contributed by atoms with E-state index in [9.17, 15) is 5.11 Å². The zero-order valence-corrected chi connectivity index (χ0v) is 8.78. The van der Waals surface area contributed by atoms with Gasteiger partial charge in [-0.2, -0.15) is 0 Å². The van der Waals surface area contributed by atoms with Crippen LogP contribution in [-0.4, -0.2) is 19.0 Å². The minimum absolute atomic E-state index is 0.198. The lowest BCUT2D eigenvalue weighted by atomic mass is 10.1. The summed E-state index contributed by atoms with van der Waals surface area (Å²) >= 11 is 0. The van der Waals surface area contributed by atoms with E-state index in [1.165, 1.54) is 0 Å². The Labute approximate surface area is 84.3 Å². The van der Waals surface area contributed by atoms with E-state index >= 15 is 0 Å². The molecule has 3 nitrogen and oxygen atoms in total. The molecule has 3 heteroatoms. The van der Waals surface area contributed by atoms with Crippen molar-refractivity contribution in [1.82, 2.24) is 0 Å². The van der Waals surface area contributed by atoms with Gasteiger partial charge in [-0.25, -0.2) is 0 Å². The molecule has 0 aliphatic rings. The number of rotatable bonds is 4. The largest absolute Gasteiger partial charge is 0.467 e. The molecule has 0 spiro atoms. The summed E-state index contributed by atoms with van der Waals surface area (Å²) in [6, 6.07) is 5.70. The maximum absolute atomic E-state index is 9.47. The highest BCUT2D eigenvalue weighted by Crippen LogP contribution is 2.26. The second-order valence-electron chi connectivity index (χ2n) is 3.27. The number of aliphatic hydroxyl groups excluding tert-OH is 1. The average molecular weight is 196 g/mol. The molecule has 0 aromatic heterocycles. The molecule has 1 aromatic carbocycles. The highest BCUT2D eigenvalue weighted by atomic mass is 16.7. The number of hydrogen-bond acceptors (Lipinski definition) is 3. The zero-order valence-electron chi connectivity index (χ0n) is 8.78. The van der Waals surface area contributed by atoms with Crippen LogP contribution in [0.25, 0.3) is 0 Å². The fourth-order valence-electron chi connectivity index (χ4n) is 1.23. The summed E-state index contributed by atoms with van der Waals surface area (Å²) < 4.78 is 10.2. The number of ether oxygens (including phenoxy) is 2. The molecule has 0 amide bonds. The number of benzene rings is 1. The Balaban J connectivity index is 2.91. The van der Waals surface area contributed by atoms with Gasteiger partial charge in [-0.1, -0.05) is 12.1 Å². The van der Waals surface area contributed by atoms with Crippen molar-refractivity contribution in [2.75, 3.05) is 13.9 Å². The van der Waals surface area contributed by atoms with Crippen molar-refractivity contribution in [1.29, 1.82) is 0 Å². The van der Waals surface area contributed by atoms with E-state index in [0.29, 0.717) is 5.75 Å². The van der Waals surface area contributed by atoms with Gasteiger partial charge in [-0.15, -0.1) is 0 Å². The number of methoxy groups -OCH3 is 1. The minimum Gasteiger partial charge on any atom is -0.467 e. The monoisotopic (exact) mass is 196 g/mol. The lowest BCUT2D eigenvalue weighted by Gasteiger charge is -2.13. The van der Waals surface area contributed by atoms with Gasteiger partial charge in [-0.3, -0.25) is 0 Å². The highest BCUT2D eigenvalue weighted by Gasteiger charge is 2.08. The topological polar surface area (TPSA) is 38.7 Å². The van der Waals surface area contributed by atoms with Gasteiger partial charge in [0.15, 0.2) is 6.79 Å². The first-order chi connectivity index (χ1) is 6.65. The fraction of sp³-hybridized carbons (Fsp3) is 0.455. The predicted molar refractivity (Wildman–Crippen MR) is 54.3 cm³/mol. The molecule has 0 heterocycles. The van der Waals surface area contributed by atoms with Crippen LogP contribution < -0.4 is 4.74 Å². The third kappa shape index (κ3) is 2.72. The lowest BCUT2D eigenvalue weighted by Crippen LogP contribution is -2.03. The van der Waals surface area contributed by atoms with Crippen LogP contribution in [0.3, 0.4) is 0 Å². The van der Waals surface area contributed by atoms with E-state index in [0.717, 1.165) is 11.1 Å². The van der Waals surface area contributed by atoms with E-state index in [-0.39, 0.29) is 6.79 Å². The quantitative estimate of drug-likeness (QED) is 0.749. The molecule has 78 valence electrons. The van der Waals surface area contributed by atoms with E-state index in [1.807, 2.05) is 25.1 Å². The smallest absolute Gasteiger partial charge is 0.188 e. The molecule has 0 radical (unpaired) electrons. The third-order valence-corrected chi connectivity index (χ3v) is 1.95.